The van der Waals surface area contributed by atoms with Crippen LogP contribution < -0.4 is 15.5 Å². The Kier molecular flexibility index (Phi) is 8.63. The lowest BCUT2D eigenvalue weighted by Crippen LogP contribution is -2.18. The molecule has 0 atom stereocenters. The number of nitrogens with zero attached hydrogens (tertiary/aromatic N) is 6. The highest BCUT2D eigenvalue weighted by atomic mass is 32.2. The Hall–Kier alpha value is -5.72. The Morgan fingerprint density at radius 2 is 1.57 bits per heavy atom. The first-order valence-electron chi connectivity index (χ1n) is 14.4. The summed E-state index contributed by atoms with van der Waals surface area (Å²) in [5.74, 6) is 1.34. The maximum Gasteiger partial charge on any atom is 0.240 e. The molecule has 230 valence electrons. The molecule has 0 aliphatic heterocycles. The van der Waals surface area contributed by atoms with Crippen LogP contribution in [0, 0.1) is 6.92 Å². The summed E-state index contributed by atoms with van der Waals surface area (Å²) in [6, 6.07) is 28.0. The lowest BCUT2D eigenvalue weighted by molar-refractivity contribution is 0.588. The summed E-state index contributed by atoms with van der Waals surface area (Å²) in [4.78, 5) is 14.1. The Labute approximate surface area is 267 Å². The summed E-state index contributed by atoms with van der Waals surface area (Å²) in [7, 11) is -2.17. The molecule has 3 aromatic heterocycles. The van der Waals surface area contributed by atoms with Crippen LogP contribution in [-0.2, 0) is 10.0 Å². The van der Waals surface area contributed by atoms with E-state index in [1.54, 1.807) is 47.5 Å². The maximum atomic E-state index is 12.2. The van der Waals surface area contributed by atoms with Crippen LogP contribution in [0.4, 0.5) is 17.5 Å². The van der Waals surface area contributed by atoms with Gasteiger partial charge in [0.05, 0.1) is 22.4 Å². The lowest BCUT2D eigenvalue weighted by Gasteiger charge is -2.17. The molecule has 3 aromatic carbocycles. The van der Waals surface area contributed by atoms with Gasteiger partial charge in [-0.2, -0.15) is 20.2 Å². The lowest BCUT2D eigenvalue weighted by atomic mass is 10.0. The SMILES string of the molecule is CNS(=O)(=O)c1ccc(C(C)=NNc2nc(Nc3ccccc3)nc(-n3cc(-c4ccncc4)cn3)c2-c2ccccc2C)cc1. The minimum Gasteiger partial charge on any atom is -0.324 e. The quantitative estimate of drug-likeness (QED) is 0.120. The summed E-state index contributed by atoms with van der Waals surface area (Å²) in [5, 5.41) is 12.7. The van der Waals surface area contributed by atoms with Gasteiger partial charge in [-0.15, -0.1) is 0 Å². The van der Waals surface area contributed by atoms with E-state index < -0.39 is 10.0 Å². The average molecular weight is 630 g/mol. The topological polar surface area (TPSA) is 139 Å². The van der Waals surface area contributed by atoms with Gasteiger partial charge in [-0.25, -0.2) is 17.8 Å². The zero-order valence-electron chi connectivity index (χ0n) is 25.4. The van der Waals surface area contributed by atoms with Gasteiger partial charge in [-0.05, 0) is 79.5 Å². The van der Waals surface area contributed by atoms with Gasteiger partial charge in [0.2, 0.25) is 16.0 Å². The molecule has 12 heteroatoms. The van der Waals surface area contributed by atoms with Gasteiger partial charge in [0.1, 0.15) is 0 Å². The summed E-state index contributed by atoms with van der Waals surface area (Å²) in [5.41, 5.74) is 9.87. The highest BCUT2D eigenvalue weighted by molar-refractivity contribution is 7.89. The zero-order valence-corrected chi connectivity index (χ0v) is 26.2. The van der Waals surface area contributed by atoms with Crippen LogP contribution in [0.5, 0.6) is 0 Å². The maximum absolute atomic E-state index is 12.2. The number of hydrazone groups is 1. The number of para-hydroxylation sites is 1. The van der Waals surface area contributed by atoms with Crippen molar-refractivity contribution in [2.24, 2.45) is 5.10 Å². The van der Waals surface area contributed by atoms with Gasteiger partial charge in [-0.3, -0.25) is 10.4 Å². The summed E-state index contributed by atoms with van der Waals surface area (Å²) < 4.78 is 28.5. The van der Waals surface area contributed by atoms with E-state index in [1.807, 2.05) is 86.8 Å². The Bertz CT molecular complexity index is 2110. The Balaban J connectivity index is 1.48. The molecule has 0 aliphatic carbocycles. The third-order valence-corrected chi connectivity index (χ3v) is 8.76. The molecule has 0 amide bonds. The predicted molar refractivity (Wildman–Crippen MR) is 181 cm³/mol. The fraction of sp³-hybridized carbons (Fsp3) is 0.0882. The smallest absolute Gasteiger partial charge is 0.240 e. The molecule has 0 unspecified atom stereocenters. The van der Waals surface area contributed by atoms with Crippen molar-refractivity contribution in [2.75, 3.05) is 17.8 Å². The van der Waals surface area contributed by atoms with E-state index in [2.05, 4.69) is 25.6 Å². The van der Waals surface area contributed by atoms with Crippen LogP contribution in [0.1, 0.15) is 18.1 Å². The Morgan fingerprint density at radius 1 is 0.848 bits per heavy atom. The van der Waals surface area contributed by atoms with Crippen molar-refractivity contribution in [3.05, 3.63) is 127 Å². The molecule has 46 heavy (non-hydrogen) atoms. The summed E-state index contributed by atoms with van der Waals surface area (Å²) in [6.07, 6.45) is 7.20. The first-order chi connectivity index (χ1) is 22.3. The number of anilines is 3. The van der Waals surface area contributed by atoms with Gasteiger partial charge in [-0.1, -0.05) is 54.6 Å². The second-order valence-electron chi connectivity index (χ2n) is 10.4. The predicted octanol–water partition coefficient (Wildman–Crippen LogP) is 6.19. The first kappa shape index (κ1) is 30.3. The number of pyridine rings is 1. The van der Waals surface area contributed by atoms with Crippen molar-refractivity contribution >= 4 is 33.2 Å². The summed E-state index contributed by atoms with van der Waals surface area (Å²) >= 11 is 0. The van der Waals surface area contributed by atoms with Crippen molar-refractivity contribution in [3.8, 4) is 28.1 Å². The van der Waals surface area contributed by atoms with Gasteiger partial charge in [0.15, 0.2) is 11.6 Å². The number of hydrogen-bond acceptors (Lipinski definition) is 9. The minimum absolute atomic E-state index is 0.170. The molecule has 0 spiro atoms. The molecule has 6 aromatic rings. The fourth-order valence-electron chi connectivity index (χ4n) is 4.83. The molecule has 0 radical (unpaired) electrons. The molecule has 6 rings (SSSR count). The van der Waals surface area contributed by atoms with E-state index >= 15 is 0 Å². The van der Waals surface area contributed by atoms with Gasteiger partial charge in [0, 0.05) is 29.8 Å². The molecule has 3 N–H and O–H groups in total. The number of hydrogen-bond donors (Lipinski definition) is 3. The van der Waals surface area contributed by atoms with Gasteiger partial charge in [0.25, 0.3) is 0 Å². The molecule has 0 bridgehead atoms. The molecule has 3 heterocycles. The number of aromatic nitrogens is 5. The summed E-state index contributed by atoms with van der Waals surface area (Å²) in [6.45, 7) is 3.86. The molecule has 0 saturated heterocycles. The van der Waals surface area contributed by atoms with E-state index in [4.69, 9.17) is 15.1 Å². The number of nitrogens with one attached hydrogen (secondary N) is 3. The van der Waals surface area contributed by atoms with Crippen LogP contribution in [0.15, 0.2) is 126 Å². The van der Waals surface area contributed by atoms with Crippen molar-refractivity contribution < 1.29 is 8.42 Å². The number of rotatable bonds is 10. The molecule has 0 aliphatic rings. The zero-order chi connectivity index (χ0) is 32.1. The molecule has 11 nitrogen and oxygen atoms in total. The number of benzene rings is 3. The Morgan fingerprint density at radius 3 is 2.28 bits per heavy atom. The third-order valence-electron chi connectivity index (χ3n) is 7.33. The van der Waals surface area contributed by atoms with Crippen LogP contribution in [-0.4, -0.2) is 45.9 Å². The largest absolute Gasteiger partial charge is 0.324 e. The van der Waals surface area contributed by atoms with Gasteiger partial charge >= 0.3 is 0 Å². The van der Waals surface area contributed by atoms with E-state index in [9.17, 15) is 8.42 Å². The monoisotopic (exact) mass is 629 g/mol. The van der Waals surface area contributed by atoms with Crippen LogP contribution in [0.3, 0.4) is 0 Å². The number of aryl methyl sites for hydroxylation is 1. The van der Waals surface area contributed by atoms with E-state index in [0.29, 0.717) is 28.9 Å². The first-order valence-corrected chi connectivity index (χ1v) is 15.9. The second-order valence-corrected chi connectivity index (χ2v) is 12.2. The molecular weight excluding hydrogens is 599 g/mol. The minimum atomic E-state index is -3.55. The highest BCUT2D eigenvalue weighted by Gasteiger charge is 2.21. The average Bonchev–Trinajstić information content (AvgIpc) is 3.59. The molecular formula is C34H31N9O2S. The van der Waals surface area contributed by atoms with E-state index in [-0.39, 0.29) is 4.90 Å². The van der Waals surface area contributed by atoms with Crippen molar-refractivity contribution in [1.82, 2.24) is 29.5 Å². The highest BCUT2D eigenvalue weighted by Crippen LogP contribution is 2.36. The third kappa shape index (κ3) is 6.53. The van der Waals surface area contributed by atoms with E-state index in [1.165, 1.54) is 7.05 Å². The van der Waals surface area contributed by atoms with Gasteiger partial charge < -0.3 is 5.32 Å². The van der Waals surface area contributed by atoms with Crippen molar-refractivity contribution in [3.63, 3.8) is 0 Å². The van der Waals surface area contributed by atoms with Crippen LogP contribution in [0.25, 0.3) is 28.1 Å². The standard InChI is InChI=1S/C34H31N9O2S/c1-23-9-7-8-12-30(23)31-32(42-41-24(2)25-13-15-29(16-14-25)46(44,45)35-3)39-34(38-28-10-5-4-6-11-28)40-33(31)43-22-27(21-37-43)26-17-19-36-20-18-26/h4-22,35H,1-3H3,(H2,38,39,40,42). The molecule has 0 saturated carbocycles. The number of sulfonamides is 1. The van der Waals surface area contributed by atoms with Crippen molar-refractivity contribution in [1.29, 1.82) is 0 Å². The van der Waals surface area contributed by atoms with Crippen LogP contribution >= 0.6 is 0 Å². The second kappa shape index (κ2) is 13.1. The fourth-order valence-corrected chi connectivity index (χ4v) is 5.56. The van der Waals surface area contributed by atoms with Crippen molar-refractivity contribution in [2.45, 2.75) is 18.7 Å². The van der Waals surface area contributed by atoms with E-state index in [0.717, 1.165) is 33.5 Å². The molecule has 0 fully saturated rings. The van der Waals surface area contributed by atoms with Crippen LogP contribution in [0.2, 0.25) is 0 Å². The normalized spacial score (nSPS) is 11.8.